The van der Waals surface area contributed by atoms with Gasteiger partial charge in [-0.2, -0.15) is 0 Å². The minimum atomic E-state index is -0.844. The Kier molecular flexibility index (Phi) is 5.26. The van der Waals surface area contributed by atoms with Crippen LogP contribution < -0.4 is 0 Å². The van der Waals surface area contributed by atoms with Gasteiger partial charge in [0.05, 0.1) is 0 Å². The standard InChI is InChI=1S/C18H20FNO/c1-20(2)12-11-17(14-7-4-3-5-8-14)18(21)15-9-6-10-16(19)13-15/h3-11,13,18,21H,12H2,1-2H3. The number of hydrogen-bond donors (Lipinski definition) is 1. The highest BCUT2D eigenvalue weighted by atomic mass is 19.1. The lowest BCUT2D eigenvalue weighted by Gasteiger charge is -2.17. The molecule has 0 aliphatic carbocycles. The van der Waals surface area contributed by atoms with Crippen LogP contribution in [-0.2, 0) is 0 Å². The number of rotatable bonds is 5. The molecule has 1 N–H and O–H groups in total. The van der Waals surface area contributed by atoms with E-state index in [0.29, 0.717) is 12.1 Å². The molecule has 0 aromatic heterocycles. The third-order valence-electron chi connectivity index (χ3n) is 3.24. The Balaban J connectivity index is 2.37. The number of likely N-dealkylation sites (N-methyl/N-ethyl adjacent to an activating group) is 1. The molecule has 0 saturated heterocycles. The average Bonchev–Trinajstić information content (AvgIpc) is 2.48. The molecule has 0 aliphatic rings. The van der Waals surface area contributed by atoms with E-state index in [1.165, 1.54) is 12.1 Å². The Morgan fingerprint density at radius 3 is 2.48 bits per heavy atom. The van der Waals surface area contributed by atoms with E-state index >= 15 is 0 Å². The molecule has 21 heavy (non-hydrogen) atoms. The van der Waals surface area contributed by atoms with Crippen LogP contribution in [0.25, 0.3) is 5.57 Å². The number of halogens is 1. The van der Waals surface area contributed by atoms with Crippen LogP contribution in [0.4, 0.5) is 4.39 Å². The van der Waals surface area contributed by atoms with Gasteiger partial charge >= 0.3 is 0 Å². The number of benzene rings is 2. The molecular formula is C18H20FNO. The SMILES string of the molecule is CN(C)CC=C(c1ccccc1)C(O)c1cccc(F)c1. The van der Waals surface area contributed by atoms with Crippen LogP contribution >= 0.6 is 0 Å². The maximum atomic E-state index is 13.4. The van der Waals surface area contributed by atoms with E-state index in [0.717, 1.165) is 11.1 Å². The molecule has 110 valence electrons. The van der Waals surface area contributed by atoms with Gasteiger partial charge in [-0.1, -0.05) is 48.5 Å². The van der Waals surface area contributed by atoms with Gasteiger partial charge in [0, 0.05) is 6.54 Å². The molecule has 2 rings (SSSR count). The maximum absolute atomic E-state index is 13.4. The number of hydrogen-bond acceptors (Lipinski definition) is 2. The Hall–Kier alpha value is -1.97. The van der Waals surface area contributed by atoms with Gasteiger partial charge in [0.25, 0.3) is 0 Å². The first-order valence-electron chi connectivity index (χ1n) is 6.91. The second-order valence-corrected chi connectivity index (χ2v) is 5.25. The first kappa shape index (κ1) is 15.4. The fraction of sp³-hybridized carbons (Fsp3) is 0.222. The van der Waals surface area contributed by atoms with Crippen molar-refractivity contribution in [1.82, 2.24) is 4.90 Å². The Labute approximate surface area is 125 Å². The van der Waals surface area contributed by atoms with E-state index in [-0.39, 0.29) is 5.82 Å². The van der Waals surface area contributed by atoms with Crippen molar-refractivity contribution in [2.75, 3.05) is 20.6 Å². The van der Waals surface area contributed by atoms with E-state index in [1.54, 1.807) is 12.1 Å². The third kappa shape index (κ3) is 4.25. The van der Waals surface area contributed by atoms with Gasteiger partial charge in [-0.05, 0) is 42.9 Å². The van der Waals surface area contributed by atoms with Crippen LogP contribution in [0.5, 0.6) is 0 Å². The van der Waals surface area contributed by atoms with E-state index in [4.69, 9.17) is 0 Å². The first-order valence-corrected chi connectivity index (χ1v) is 6.91. The third-order valence-corrected chi connectivity index (χ3v) is 3.24. The van der Waals surface area contributed by atoms with Crippen molar-refractivity contribution in [2.24, 2.45) is 0 Å². The molecular weight excluding hydrogens is 265 g/mol. The van der Waals surface area contributed by atoms with Gasteiger partial charge in [-0.3, -0.25) is 0 Å². The van der Waals surface area contributed by atoms with Crippen LogP contribution in [0.1, 0.15) is 17.2 Å². The summed E-state index contributed by atoms with van der Waals surface area (Å²) in [5.41, 5.74) is 2.29. The summed E-state index contributed by atoms with van der Waals surface area (Å²) < 4.78 is 13.4. The molecule has 2 nitrogen and oxygen atoms in total. The predicted molar refractivity (Wildman–Crippen MR) is 84.3 cm³/mol. The summed E-state index contributed by atoms with van der Waals surface area (Å²) in [4.78, 5) is 2.02. The molecule has 0 aliphatic heterocycles. The fourth-order valence-electron chi connectivity index (χ4n) is 2.16. The highest BCUT2D eigenvalue weighted by Crippen LogP contribution is 2.30. The van der Waals surface area contributed by atoms with Gasteiger partial charge in [-0.25, -0.2) is 4.39 Å². The molecule has 0 amide bonds. The van der Waals surface area contributed by atoms with E-state index in [2.05, 4.69) is 0 Å². The smallest absolute Gasteiger partial charge is 0.123 e. The normalized spacial score (nSPS) is 13.5. The second-order valence-electron chi connectivity index (χ2n) is 5.25. The molecule has 0 heterocycles. The van der Waals surface area contributed by atoms with Crippen LogP contribution in [0, 0.1) is 5.82 Å². The molecule has 1 unspecified atom stereocenters. The van der Waals surface area contributed by atoms with Crippen molar-refractivity contribution < 1.29 is 9.50 Å². The number of aliphatic hydroxyl groups is 1. The van der Waals surface area contributed by atoms with Crippen LogP contribution in [0.2, 0.25) is 0 Å². The van der Waals surface area contributed by atoms with Crippen molar-refractivity contribution >= 4 is 5.57 Å². The summed E-state index contributed by atoms with van der Waals surface area (Å²) in [6.07, 6.45) is 1.13. The van der Waals surface area contributed by atoms with Crippen LogP contribution in [0.15, 0.2) is 60.7 Å². The van der Waals surface area contributed by atoms with E-state index in [1.807, 2.05) is 55.4 Å². The Morgan fingerprint density at radius 2 is 1.86 bits per heavy atom. The Bertz CT molecular complexity index is 608. The summed E-state index contributed by atoms with van der Waals surface area (Å²) in [6.45, 7) is 0.705. The first-order chi connectivity index (χ1) is 10.1. The number of nitrogens with zero attached hydrogens (tertiary/aromatic N) is 1. The summed E-state index contributed by atoms with van der Waals surface area (Å²) in [6, 6.07) is 15.8. The van der Waals surface area contributed by atoms with E-state index < -0.39 is 6.10 Å². The zero-order valence-electron chi connectivity index (χ0n) is 12.3. The molecule has 2 aromatic carbocycles. The largest absolute Gasteiger partial charge is 0.384 e. The maximum Gasteiger partial charge on any atom is 0.123 e. The van der Waals surface area contributed by atoms with E-state index in [9.17, 15) is 9.50 Å². The molecule has 0 bridgehead atoms. The zero-order chi connectivity index (χ0) is 15.2. The molecule has 0 saturated carbocycles. The van der Waals surface area contributed by atoms with Gasteiger partial charge in [0.1, 0.15) is 11.9 Å². The second kappa shape index (κ2) is 7.16. The monoisotopic (exact) mass is 285 g/mol. The van der Waals surface area contributed by atoms with Crippen molar-refractivity contribution in [3.8, 4) is 0 Å². The molecule has 1 atom stereocenters. The summed E-state index contributed by atoms with van der Waals surface area (Å²) in [5, 5.41) is 10.6. The summed E-state index contributed by atoms with van der Waals surface area (Å²) in [7, 11) is 3.93. The van der Waals surface area contributed by atoms with Crippen molar-refractivity contribution in [3.63, 3.8) is 0 Å². The van der Waals surface area contributed by atoms with Crippen molar-refractivity contribution in [1.29, 1.82) is 0 Å². The van der Waals surface area contributed by atoms with Gasteiger partial charge in [0.15, 0.2) is 0 Å². The predicted octanol–water partition coefficient (Wildman–Crippen LogP) is 3.50. The molecule has 0 spiro atoms. The summed E-state index contributed by atoms with van der Waals surface area (Å²) in [5.74, 6) is -0.341. The van der Waals surface area contributed by atoms with Gasteiger partial charge < -0.3 is 10.0 Å². The van der Waals surface area contributed by atoms with Gasteiger partial charge in [-0.15, -0.1) is 0 Å². The highest BCUT2D eigenvalue weighted by Gasteiger charge is 2.15. The average molecular weight is 285 g/mol. The highest BCUT2D eigenvalue weighted by molar-refractivity contribution is 5.70. The van der Waals surface area contributed by atoms with Gasteiger partial charge in [0.2, 0.25) is 0 Å². The molecule has 0 radical (unpaired) electrons. The molecule has 0 fully saturated rings. The minimum Gasteiger partial charge on any atom is -0.384 e. The lowest BCUT2D eigenvalue weighted by Crippen LogP contribution is -2.12. The minimum absolute atomic E-state index is 0.341. The fourth-order valence-corrected chi connectivity index (χ4v) is 2.16. The Morgan fingerprint density at radius 1 is 1.14 bits per heavy atom. The zero-order valence-corrected chi connectivity index (χ0v) is 12.3. The molecule has 3 heteroatoms. The van der Waals surface area contributed by atoms with Crippen molar-refractivity contribution in [3.05, 3.63) is 77.6 Å². The quantitative estimate of drug-likeness (QED) is 0.909. The lowest BCUT2D eigenvalue weighted by atomic mass is 9.94. The topological polar surface area (TPSA) is 23.5 Å². The number of aliphatic hydroxyl groups excluding tert-OH is 1. The van der Waals surface area contributed by atoms with Crippen LogP contribution in [0.3, 0.4) is 0 Å². The van der Waals surface area contributed by atoms with Crippen molar-refractivity contribution in [2.45, 2.75) is 6.10 Å². The van der Waals surface area contributed by atoms with Crippen LogP contribution in [-0.4, -0.2) is 30.6 Å². The lowest BCUT2D eigenvalue weighted by molar-refractivity contribution is 0.237. The molecule has 2 aromatic rings. The summed E-state index contributed by atoms with van der Waals surface area (Å²) >= 11 is 0.